The summed E-state index contributed by atoms with van der Waals surface area (Å²) in [5, 5.41) is 4.85. The third kappa shape index (κ3) is 4.24. The number of carbonyl (C=O) groups is 1. The Morgan fingerprint density at radius 1 is 1.11 bits per heavy atom. The molecule has 1 aromatic carbocycles. The second-order valence-corrected chi connectivity index (χ2v) is 9.08. The molecular weight excluding hydrogens is 382 g/mol. The second kappa shape index (κ2) is 7.99. The number of nitrogens with one attached hydrogen (secondary N) is 1. The highest BCUT2D eigenvalue weighted by Gasteiger charge is 2.17. The molecule has 0 aliphatic heterocycles. The summed E-state index contributed by atoms with van der Waals surface area (Å²) < 4.78 is 25.3. The lowest BCUT2D eigenvalue weighted by Crippen LogP contribution is -2.24. The third-order valence-electron chi connectivity index (χ3n) is 3.98. The molecule has 140 valence electrons. The lowest BCUT2D eigenvalue weighted by Gasteiger charge is -2.12. The van der Waals surface area contributed by atoms with Gasteiger partial charge in [0.1, 0.15) is 0 Å². The second-order valence-electron chi connectivity index (χ2n) is 5.98. The van der Waals surface area contributed by atoms with Crippen molar-refractivity contribution in [3.05, 3.63) is 71.2 Å². The van der Waals surface area contributed by atoms with Crippen LogP contribution in [0.4, 0.5) is 0 Å². The highest BCUT2D eigenvalue weighted by atomic mass is 32.2. The summed E-state index contributed by atoms with van der Waals surface area (Å²) >= 11 is 1.59. The quantitative estimate of drug-likeness (QED) is 0.689. The fourth-order valence-electron chi connectivity index (χ4n) is 2.48. The average molecular weight is 402 g/mol. The third-order valence-corrected chi connectivity index (χ3v) is 6.69. The van der Waals surface area contributed by atoms with Crippen LogP contribution in [-0.4, -0.2) is 37.7 Å². The summed E-state index contributed by atoms with van der Waals surface area (Å²) in [5.41, 5.74) is 2.16. The summed E-state index contributed by atoms with van der Waals surface area (Å²) in [6, 6.07) is 13.6. The van der Waals surface area contributed by atoms with E-state index in [4.69, 9.17) is 0 Å². The minimum atomic E-state index is -3.51. The van der Waals surface area contributed by atoms with Gasteiger partial charge < -0.3 is 5.32 Å². The molecule has 0 aliphatic rings. The highest BCUT2D eigenvalue weighted by Crippen LogP contribution is 2.25. The maximum Gasteiger partial charge on any atom is 0.251 e. The van der Waals surface area contributed by atoms with Crippen LogP contribution in [0, 0.1) is 0 Å². The summed E-state index contributed by atoms with van der Waals surface area (Å²) in [4.78, 5) is 18.0. The number of thiophene rings is 1. The summed E-state index contributed by atoms with van der Waals surface area (Å²) in [7, 11) is -0.576. The lowest BCUT2D eigenvalue weighted by atomic mass is 10.1. The molecule has 3 rings (SSSR count). The van der Waals surface area contributed by atoms with Gasteiger partial charge in [-0.2, -0.15) is 0 Å². The molecule has 8 heteroatoms. The Hall–Kier alpha value is -2.55. The summed E-state index contributed by atoms with van der Waals surface area (Å²) in [5.74, 6) is -0.273. The zero-order valence-electron chi connectivity index (χ0n) is 14.9. The van der Waals surface area contributed by atoms with Gasteiger partial charge in [0.05, 0.1) is 15.5 Å². The Bertz CT molecular complexity index is 1030. The van der Waals surface area contributed by atoms with Gasteiger partial charge in [0.2, 0.25) is 10.0 Å². The van der Waals surface area contributed by atoms with Gasteiger partial charge in [-0.1, -0.05) is 12.1 Å². The number of aromatic nitrogens is 1. The molecule has 2 heterocycles. The van der Waals surface area contributed by atoms with Crippen molar-refractivity contribution in [2.24, 2.45) is 0 Å². The number of pyridine rings is 1. The van der Waals surface area contributed by atoms with Crippen molar-refractivity contribution in [1.82, 2.24) is 14.6 Å². The highest BCUT2D eigenvalue weighted by molar-refractivity contribution is 7.89. The van der Waals surface area contributed by atoms with E-state index in [2.05, 4.69) is 10.3 Å². The van der Waals surface area contributed by atoms with Crippen LogP contribution in [0.15, 0.2) is 65.0 Å². The van der Waals surface area contributed by atoms with E-state index < -0.39 is 10.0 Å². The lowest BCUT2D eigenvalue weighted by molar-refractivity contribution is 0.0951. The van der Waals surface area contributed by atoms with Crippen molar-refractivity contribution in [1.29, 1.82) is 0 Å². The minimum Gasteiger partial charge on any atom is -0.348 e. The molecule has 0 aliphatic carbocycles. The molecule has 6 nitrogen and oxygen atoms in total. The zero-order valence-corrected chi connectivity index (χ0v) is 16.5. The first-order valence-electron chi connectivity index (χ1n) is 8.18. The molecule has 0 unspecified atom stereocenters. The van der Waals surface area contributed by atoms with Crippen LogP contribution in [0.25, 0.3) is 10.6 Å². The Balaban J connectivity index is 1.72. The topological polar surface area (TPSA) is 79.4 Å². The number of nitrogens with zero attached hydrogens (tertiary/aromatic N) is 2. The molecule has 0 saturated heterocycles. The van der Waals surface area contributed by atoms with Crippen LogP contribution in [0.1, 0.15) is 15.9 Å². The fraction of sp³-hybridized carbons (Fsp3) is 0.158. The first kappa shape index (κ1) is 19.2. The van der Waals surface area contributed by atoms with E-state index in [0.29, 0.717) is 12.1 Å². The van der Waals surface area contributed by atoms with Gasteiger partial charge in [-0.15, -0.1) is 11.3 Å². The summed E-state index contributed by atoms with van der Waals surface area (Å²) in [6.45, 7) is 0.331. The Kier molecular flexibility index (Phi) is 5.69. The molecule has 0 bridgehead atoms. The number of amides is 1. The molecule has 0 spiro atoms. The number of hydrogen-bond donors (Lipinski definition) is 1. The predicted molar refractivity (Wildman–Crippen MR) is 106 cm³/mol. The van der Waals surface area contributed by atoms with Gasteiger partial charge in [-0.3, -0.25) is 9.78 Å². The van der Waals surface area contributed by atoms with Crippen LogP contribution in [0.3, 0.4) is 0 Å². The molecule has 0 atom stereocenters. The molecule has 3 aromatic rings. The zero-order chi connectivity index (χ0) is 19.4. The van der Waals surface area contributed by atoms with Crippen LogP contribution in [0.2, 0.25) is 0 Å². The molecule has 0 fully saturated rings. The normalized spacial score (nSPS) is 11.5. The van der Waals surface area contributed by atoms with Crippen LogP contribution < -0.4 is 5.32 Å². The van der Waals surface area contributed by atoms with Gasteiger partial charge >= 0.3 is 0 Å². The van der Waals surface area contributed by atoms with E-state index in [9.17, 15) is 13.2 Å². The number of benzene rings is 1. The van der Waals surface area contributed by atoms with Gasteiger partial charge in [0, 0.05) is 32.4 Å². The van der Waals surface area contributed by atoms with Gasteiger partial charge in [0.15, 0.2) is 0 Å². The summed E-state index contributed by atoms with van der Waals surface area (Å²) in [6.07, 6.45) is 1.73. The first-order chi connectivity index (χ1) is 12.9. The van der Waals surface area contributed by atoms with Crippen molar-refractivity contribution >= 4 is 27.3 Å². The fourth-order valence-corrected chi connectivity index (χ4v) is 4.14. The first-order valence-corrected chi connectivity index (χ1v) is 10.5. The molecule has 27 heavy (non-hydrogen) atoms. The van der Waals surface area contributed by atoms with Crippen LogP contribution >= 0.6 is 11.3 Å². The van der Waals surface area contributed by atoms with Crippen molar-refractivity contribution in [3.63, 3.8) is 0 Å². The van der Waals surface area contributed by atoms with Crippen LogP contribution in [-0.2, 0) is 16.6 Å². The van der Waals surface area contributed by atoms with Gasteiger partial charge in [-0.25, -0.2) is 12.7 Å². The van der Waals surface area contributed by atoms with E-state index in [0.717, 1.165) is 20.4 Å². The van der Waals surface area contributed by atoms with E-state index >= 15 is 0 Å². The standard InChI is InChI=1S/C19H19N3O3S2/c1-22(2)27(24,25)16-9-7-14(8-10-16)19(23)21-13-15-5-3-11-20-18(15)17-6-4-12-26-17/h3-12H,13H2,1-2H3,(H,21,23). The maximum absolute atomic E-state index is 12.4. The molecular formula is C19H19N3O3S2. The van der Waals surface area contributed by atoms with Crippen molar-refractivity contribution in [2.45, 2.75) is 11.4 Å². The Morgan fingerprint density at radius 2 is 1.85 bits per heavy atom. The Morgan fingerprint density at radius 3 is 2.48 bits per heavy atom. The molecule has 1 amide bonds. The molecule has 0 radical (unpaired) electrons. The number of carbonyl (C=O) groups excluding carboxylic acids is 1. The molecule has 0 saturated carbocycles. The van der Waals surface area contributed by atoms with E-state index in [1.165, 1.54) is 38.4 Å². The van der Waals surface area contributed by atoms with Crippen molar-refractivity contribution < 1.29 is 13.2 Å². The smallest absolute Gasteiger partial charge is 0.251 e. The predicted octanol–water partition coefficient (Wildman–Crippen LogP) is 2.99. The number of hydrogen-bond acceptors (Lipinski definition) is 5. The molecule has 2 aromatic heterocycles. The van der Waals surface area contributed by atoms with Crippen molar-refractivity contribution in [2.75, 3.05) is 14.1 Å². The monoisotopic (exact) mass is 401 g/mol. The van der Waals surface area contributed by atoms with E-state index in [1.54, 1.807) is 17.5 Å². The van der Waals surface area contributed by atoms with Crippen LogP contribution in [0.5, 0.6) is 0 Å². The minimum absolute atomic E-state index is 0.149. The SMILES string of the molecule is CN(C)S(=O)(=O)c1ccc(C(=O)NCc2cccnc2-c2cccs2)cc1. The van der Waals surface area contributed by atoms with Gasteiger partial charge in [-0.05, 0) is 47.3 Å². The average Bonchev–Trinajstić information content (AvgIpc) is 3.21. The van der Waals surface area contributed by atoms with E-state index in [-0.39, 0.29) is 10.8 Å². The molecule has 1 N–H and O–H groups in total. The number of sulfonamides is 1. The van der Waals surface area contributed by atoms with Gasteiger partial charge in [0.25, 0.3) is 5.91 Å². The largest absolute Gasteiger partial charge is 0.348 e. The van der Waals surface area contributed by atoms with Crippen molar-refractivity contribution in [3.8, 4) is 10.6 Å². The Labute approximate surface area is 162 Å². The number of rotatable bonds is 6. The van der Waals surface area contributed by atoms with E-state index in [1.807, 2.05) is 29.6 Å². The maximum atomic E-state index is 12.4.